The van der Waals surface area contributed by atoms with Gasteiger partial charge in [0.1, 0.15) is 0 Å². The average molecular weight is 251 g/mol. The van der Waals surface area contributed by atoms with Crippen molar-refractivity contribution in [2.45, 2.75) is 26.2 Å². The van der Waals surface area contributed by atoms with Gasteiger partial charge in [-0.05, 0) is 49.4 Å². The van der Waals surface area contributed by atoms with Crippen LogP contribution in [0.5, 0.6) is 0 Å². The van der Waals surface area contributed by atoms with Crippen molar-refractivity contribution in [2.75, 3.05) is 18.0 Å². The third-order valence-electron chi connectivity index (χ3n) is 3.97. The van der Waals surface area contributed by atoms with Crippen molar-refractivity contribution >= 4 is 5.69 Å². The molecule has 19 heavy (non-hydrogen) atoms. The van der Waals surface area contributed by atoms with Crippen LogP contribution in [0, 0.1) is 6.92 Å². The fraction of sp³-hybridized carbons (Fsp3) is 0.333. The van der Waals surface area contributed by atoms with Crippen LogP contribution in [0.4, 0.5) is 5.69 Å². The van der Waals surface area contributed by atoms with Crippen LogP contribution in [0.15, 0.2) is 48.5 Å². The molecule has 0 aliphatic carbocycles. The summed E-state index contributed by atoms with van der Waals surface area (Å²) >= 11 is 0. The lowest BCUT2D eigenvalue weighted by Gasteiger charge is -2.28. The molecule has 1 saturated heterocycles. The number of anilines is 1. The first-order chi connectivity index (χ1) is 9.33. The van der Waals surface area contributed by atoms with Crippen molar-refractivity contribution in [1.29, 1.82) is 0 Å². The number of aryl methyl sites for hydroxylation is 1. The predicted molar refractivity (Wildman–Crippen MR) is 82.7 cm³/mol. The molecule has 1 aliphatic rings. The first kappa shape index (κ1) is 12.3. The molecule has 0 amide bonds. The molecule has 98 valence electrons. The smallest absolute Gasteiger partial charge is 0.0366 e. The molecule has 2 aromatic rings. The molecule has 0 atom stereocenters. The molecule has 2 aromatic carbocycles. The quantitative estimate of drug-likeness (QED) is 0.750. The summed E-state index contributed by atoms with van der Waals surface area (Å²) in [6.07, 6.45) is 4.05. The van der Waals surface area contributed by atoms with Gasteiger partial charge >= 0.3 is 0 Å². The number of hydrogen-bond donors (Lipinski definition) is 0. The molecular weight excluding hydrogens is 230 g/mol. The second-order valence-electron chi connectivity index (χ2n) is 5.46. The largest absolute Gasteiger partial charge is 0.372 e. The van der Waals surface area contributed by atoms with Gasteiger partial charge in [-0.3, -0.25) is 0 Å². The van der Waals surface area contributed by atoms with Crippen molar-refractivity contribution in [3.63, 3.8) is 0 Å². The van der Waals surface area contributed by atoms with Crippen LogP contribution in [-0.4, -0.2) is 13.1 Å². The Hall–Kier alpha value is -1.76. The van der Waals surface area contributed by atoms with E-state index >= 15 is 0 Å². The van der Waals surface area contributed by atoms with Gasteiger partial charge in [-0.25, -0.2) is 0 Å². The monoisotopic (exact) mass is 251 g/mol. The Morgan fingerprint density at radius 1 is 0.684 bits per heavy atom. The van der Waals surface area contributed by atoms with Crippen molar-refractivity contribution in [2.24, 2.45) is 0 Å². The van der Waals surface area contributed by atoms with E-state index in [1.54, 1.807) is 0 Å². The molecule has 3 rings (SSSR count). The van der Waals surface area contributed by atoms with Gasteiger partial charge in [0.05, 0.1) is 0 Å². The van der Waals surface area contributed by atoms with Crippen LogP contribution < -0.4 is 4.90 Å². The van der Waals surface area contributed by atoms with Gasteiger partial charge in [-0.15, -0.1) is 0 Å². The summed E-state index contributed by atoms with van der Waals surface area (Å²) in [7, 11) is 0. The van der Waals surface area contributed by atoms with Crippen LogP contribution in [0.1, 0.15) is 24.8 Å². The van der Waals surface area contributed by atoms with Gasteiger partial charge < -0.3 is 4.90 Å². The second-order valence-corrected chi connectivity index (χ2v) is 5.46. The minimum atomic E-state index is 1.21. The summed E-state index contributed by atoms with van der Waals surface area (Å²) in [5.41, 5.74) is 5.29. The lowest BCUT2D eigenvalue weighted by Crippen LogP contribution is -2.29. The third-order valence-corrected chi connectivity index (χ3v) is 3.97. The normalized spacial score (nSPS) is 15.5. The van der Waals surface area contributed by atoms with Crippen LogP contribution in [0.25, 0.3) is 11.1 Å². The number of hydrogen-bond acceptors (Lipinski definition) is 1. The van der Waals surface area contributed by atoms with Crippen molar-refractivity contribution in [3.05, 3.63) is 54.1 Å². The van der Waals surface area contributed by atoms with E-state index in [9.17, 15) is 0 Å². The van der Waals surface area contributed by atoms with E-state index in [2.05, 4.69) is 60.4 Å². The second kappa shape index (κ2) is 5.48. The van der Waals surface area contributed by atoms with Gasteiger partial charge in [-0.2, -0.15) is 0 Å². The molecule has 1 heteroatoms. The van der Waals surface area contributed by atoms with E-state index < -0.39 is 0 Å². The Bertz CT molecular complexity index is 519. The highest BCUT2D eigenvalue weighted by Gasteiger charge is 2.10. The van der Waals surface area contributed by atoms with Crippen LogP contribution in [0.3, 0.4) is 0 Å². The Labute approximate surface area is 115 Å². The Balaban J connectivity index is 1.80. The SMILES string of the molecule is Cc1ccc(-c2ccc(N3CCCCC3)cc2)cc1. The molecule has 1 nitrogen and oxygen atoms in total. The summed E-state index contributed by atoms with van der Waals surface area (Å²) in [5, 5.41) is 0. The summed E-state index contributed by atoms with van der Waals surface area (Å²) in [6, 6.07) is 17.8. The van der Waals surface area contributed by atoms with Crippen molar-refractivity contribution in [3.8, 4) is 11.1 Å². The number of benzene rings is 2. The maximum atomic E-state index is 2.50. The maximum absolute atomic E-state index is 2.50. The molecule has 0 radical (unpaired) electrons. The van der Waals surface area contributed by atoms with Crippen molar-refractivity contribution in [1.82, 2.24) is 0 Å². The zero-order valence-electron chi connectivity index (χ0n) is 11.6. The van der Waals surface area contributed by atoms with E-state index in [1.807, 2.05) is 0 Å². The highest BCUT2D eigenvalue weighted by Crippen LogP contribution is 2.25. The third kappa shape index (κ3) is 2.81. The first-order valence-electron chi connectivity index (χ1n) is 7.25. The fourth-order valence-electron chi connectivity index (χ4n) is 2.76. The zero-order valence-corrected chi connectivity index (χ0v) is 11.6. The lowest BCUT2D eigenvalue weighted by atomic mass is 10.0. The highest BCUT2D eigenvalue weighted by molar-refractivity contribution is 5.66. The van der Waals surface area contributed by atoms with E-state index in [1.165, 1.54) is 54.7 Å². The first-order valence-corrected chi connectivity index (χ1v) is 7.25. The Morgan fingerprint density at radius 2 is 1.21 bits per heavy atom. The standard InChI is InChI=1S/C18H21N/c1-15-5-7-16(8-6-15)17-9-11-18(12-10-17)19-13-3-2-4-14-19/h5-12H,2-4,13-14H2,1H3. The Morgan fingerprint density at radius 3 is 1.79 bits per heavy atom. The topological polar surface area (TPSA) is 3.24 Å². The summed E-state index contributed by atoms with van der Waals surface area (Å²) < 4.78 is 0. The minimum absolute atomic E-state index is 1.21. The Kier molecular flexibility index (Phi) is 3.54. The number of piperidine rings is 1. The lowest BCUT2D eigenvalue weighted by molar-refractivity contribution is 0.578. The molecule has 0 unspecified atom stereocenters. The van der Waals surface area contributed by atoms with E-state index in [4.69, 9.17) is 0 Å². The summed E-state index contributed by atoms with van der Waals surface area (Å²) in [5.74, 6) is 0. The van der Waals surface area contributed by atoms with Gasteiger partial charge in [0, 0.05) is 18.8 Å². The molecular formula is C18H21N. The average Bonchev–Trinajstić information content (AvgIpc) is 2.49. The van der Waals surface area contributed by atoms with Gasteiger partial charge in [0.15, 0.2) is 0 Å². The maximum Gasteiger partial charge on any atom is 0.0366 e. The van der Waals surface area contributed by atoms with Gasteiger partial charge in [0.25, 0.3) is 0 Å². The van der Waals surface area contributed by atoms with Gasteiger partial charge in [-0.1, -0.05) is 42.0 Å². The molecule has 1 fully saturated rings. The van der Waals surface area contributed by atoms with Crippen molar-refractivity contribution < 1.29 is 0 Å². The number of rotatable bonds is 2. The van der Waals surface area contributed by atoms with Crippen LogP contribution >= 0.6 is 0 Å². The minimum Gasteiger partial charge on any atom is -0.372 e. The molecule has 0 spiro atoms. The molecule has 0 aromatic heterocycles. The number of nitrogens with zero attached hydrogens (tertiary/aromatic N) is 1. The predicted octanol–water partition coefficient (Wildman–Crippen LogP) is 4.65. The summed E-state index contributed by atoms with van der Waals surface area (Å²) in [6.45, 7) is 4.55. The fourth-order valence-corrected chi connectivity index (χ4v) is 2.76. The molecule has 0 saturated carbocycles. The van der Waals surface area contributed by atoms with E-state index in [0.717, 1.165) is 0 Å². The molecule has 1 heterocycles. The highest BCUT2D eigenvalue weighted by atomic mass is 15.1. The van der Waals surface area contributed by atoms with Crippen LogP contribution in [-0.2, 0) is 0 Å². The van der Waals surface area contributed by atoms with Gasteiger partial charge in [0.2, 0.25) is 0 Å². The summed E-state index contributed by atoms with van der Waals surface area (Å²) in [4.78, 5) is 2.50. The molecule has 1 aliphatic heterocycles. The van der Waals surface area contributed by atoms with Crippen LogP contribution in [0.2, 0.25) is 0 Å². The van der Waals surface area contributed by atoms with E-state index in [0.29, 0.717) is 0 Å². The zero-order chi connectivity index (χ0) is 13.1. The molecule has 0 N–H and O–H groups in total. The van der Waals surface area contributed by atoms with E-state index in [-0.39, 0.29) is 0 Å². The molecule has 0 bridgehead atoms.